The molecule has 2 N–H and O–H groups in total. The van der Waals surface area contributed by atoms with Crippen LogP contribution in [0.2, 0.25) is 0 Å². The third-order valence-corrected chi connectivity index (χ3v) is 4.32. The molecule has 3 rings (SSSR count). The summed E-state index contributed by atoms with van der Waals surface area (Å²) in [5, 5.41) is 0. The predicted molar refractivity (Wildman–Crippen MR) is 97.3 cm³/mol. The number of nitrogens with zero attached hydrogens (tertiary/aromatic N) is 2. The maximum atomic E-state index is 6.14. The Hall–Kier alpha value is -2.75. The number of ether oxygens (including phenoxy) is 1. The molecule has 0 amide bonds. The number of methoxy groups -OCH3 is 1. The van der Waals surface area contributed by atoms with Crippen LogP contribution in [0.3, 0.4) is 0 Å². The maximum absolute atomic E-state index is 6.14. The molecule has 0 aliphatic rings. The van der Waals surface area contributed by atoms with E-state index in [1.807, 2.05) is 30.3 Å². The van der Waals surface area contributed by atoms with Crippen LogP contribution in [-0.4, -0.2) is 16.7 Å². The Bertz CT molecular complexity index is 809. The topological polar surface area (TPSA) is 53.1 Å². The Morgan fingerprint density at radius 3 is 2.54 bits per heavy atom. The van der Waals surface area contributed by atoms with Crippen molar-refractivity contribution < 1.29 is 4.74 Å². The average molecular weight is 321 g/mol. The van der Waals surface area contributed by atoms with Gasteiger partial charge >= 0.3 is 0 Å². The van der Waals surface area contributed by atoms with Crippen molar-refractivity contribution in [2.45, 2.75) is 26.3 Å². The number of benzene rings is 2. The molecule has 0 saturated heterocycles. The van der Waals surface area contributed by atoms with E-state index in [2.05, 4.69) is 40.7 Å². The molecule has 1 aromatic heterocycles. The predicted octanol–water partition coefficient (Wildman–Crippen LogP) is 3.62. The molecule has 0 unspecified atom stereocenters. The Morgan fingerprint density at radius 2 is 1.79 bits per heavy atom. The molecule has 0 saturated carbocycles. The van der Waals surface area contributed by atoms with Gasteiger partial charge in [0.05, 0.1) is 12.8 Å². The highest BCUT2D eigenvalue weighted by atomic mass is 16.5. The number of anilines is 1. The van der Waals surface area contributed by atoms with Crippen molar-refractivity contribution in [3.8, 4) is 5.75 Å². The zero-order valence-electron chi connectivity index (χ0n) is 14.2. The highest BCUT2D eigenvalue weighted by molar-refractivity contribution is 5.33. The van der Waals surface area contributed by atoms with Crippen molar-refractivity contribution in [3.05, 3.63) is 77.1 Å². The minimum absolute atomic E-state index is 0.585. The molecular formula is C20H23N3O. The monoisotopic (exact) mass is 321 g/mol. The van der Waals surface area contributed by atoms with Gasteiger partial charge in [-0.3, -0.25) is 0 Å². The zero-order chi connectivity index (χ0) is 16.9. The second-order valence-electron chi connectivity index (χ2n) is 5.92. The first-order chi connectivity index (χ1) is 11.7. The van der Waals surface area contributed by atoms with Gasteiger partial charge in [-0.05, 0) is 36.6 Å². The van der Waals surface area contributed by atoms with Crippen LogP contribution in [0.5, 0.6) is 5.75 Å². The van der Waals surface area contributed by atoms with Gasteiger partial charge in [0.2, 0.25) is 5.95 Å². The lowest BCUT2D eigenvalue weighted by atomic mass is 10.1. The summed E-state index contributed by atoms with van der Waals surface area (Å²) in [4.78, 5) is 4.57. The van der Waals surface area contributed by atoms with Crippen LogP contribution in [0.4, 0.5) is 5.95 Å². The molecule has 4 nitrogen and oxygen atoms in total. The number of imidazole rings is 1. The van der Waals surface area contributed by atoms with Gasteiger partial charge in [0, 0.05) is 18.7 Å². The Labute approximate surface area is 142 Å². The summed E-state index contributed by atoms with van der Waals surface area (Å²) in [5.74, 6) is 1.47. The number of nitrogen functional groups attached to an aromatic ring is 1. The molecule has 2 aromatic carbocycles. The van der Waals surface area contributed by atoms with E-state index < -0.39 is 0 Å². The zero-order valence-corrected chi connectivity index (χ0v) is 14.2. The Balaban J connectivity index is 1.74. The van der Waals surface area contributed by atoms with Crippen LogP contribution in [0, 0.1) is 6.92 Å². The van der Waals surface area contributed by atoms with E-state index in [4.69, 9.17) is 10.5 Å². The fourth-order valence-corrected chi connectivity index (χ4v) is 2.91. The third kappa shape index (κ3) is 3.59. The minimum atomic E-state index is 0.585. The van der Waals surface area contributed by atoms with Crippen LogP contribution in [0.15, 0.2) is 54.6 Å². The number of rotatable bonds is 6. The molecule has 1 heterocycles. The summed E-state index contributed by atoms with van der Waals surface area (Å²) in [6, 6.07) is 18.5. The summed E-state index contributed by atoms with van der Waals surface area (Å²) in [6.45, 7) is 2.90. The van der Waals surface area contributed by atoms with E-state index in [0.29, 0.717) is 5.95 Å². The Morgan fingerprint density at radius 1 is 1.04 bits per heavy atom. The van der Waals surface area contributed by atoms with Crippen LogP contribution in [0.1, 0.15) is 22.5 Å². The quantitative estimate of drug-likeness (QED) is 0.754. The molecule has 124 valence electrons. The van der Waals surface area contributed by atoms with Crippen molar-refractivity contribution in [3.63, 3.8) is 0 Å². The van der Waals surface area contributed by atoms with Gasteiger partial charge in [-0.1, -0.05) is 42.5 Å². The third-order valence-electron chi connectivity index (χ3n) is 4.32. The van der Waals surface area contributed by atoms with Gasteiger partial charge in [-0.15, -0.1) is 0 Å². The van der Waals surface area contributed by atoms with Crippen molar-refractivity contribution >= 4 is 5.95 Å². The van der Waals surface area contributed by atoms with Crippen LogP contribution in [0.25, 0.3) is 0 Å². The van der Waals surface area contributed by atoms with Crippen LogP contribution >= 0.6 is 0 Å². The first-order valence-corrected chi connectivity index (χ1v) is 8.15. The molecular weight excluding hydrogens is 298 g/mol. The van der Waals surface area contributed by atoms with Crippen LogP contribution in [-0.2, 0) is 19.4 Å². The van der Waals surface area contributed by atoms with Crippen molar-refractivity contribution in [2.75, 3.05) is 12.8 Å². The summed E-state index contributed by atoms with van der Waals surface area (Å²) in [7, 11) is 1.69. The van der Waals surface area contributed by atoms with Gasteiger partial charge in [0.25, 0.3) is 0 Å². The second-order valence-corrected chi connectivity index (χ2v) is 5.92. The molecule has 0 fully saturated rings. The van der Waals surface area contributed by atoms with Crippen molar-refractivity contribution in [1.29, 1.82) is 0 Å². The molecule has 0 spiro atoms. The molecule has 0 atom stereocenters. The molecule has 0 radical (unpaired) electrons. The summed E-state index contributed by atoms with van der Waals surface area (Å²) in [6.07, 6.45) is 1.70. The SMILES string of the molecule is COc1cccc(CCn2c(N)nc(Cc3ccccc3)c2C)c1. The first-order valence-electron chi connectivity index (χ1n) is 8.15. The Kier molecular flexibility index (Phi) is 4.85. The highest BCUT2D eigenvalue weighted by Crippen LogP contribution is 2.19. The maximum Gasteiger partial charge on any atom is 0.200 e. The lowest BCUT2D eigenvalue weighted by Crippen LogP contribution is -2.07. The number of aromatic nitrogens is 2. The standard InChI is InChI=1S/C20H23N3O/c1-15-19(14-16-7-4-3-5-8-16)22-20(21)23(15)12-11-17-9-6-10-18(13-17)24-2/h3-10,13H,11-12,14H2,1-2H3,(H2,21,22). The van der Waals surface area contributed by atoms with Gasteiger partial charge in [-0.2, -0.15) is 0 Å². The molecule has 3 aromatic rings. The van der Waals surface area contributed by atoms with Gasteiger partial charge in [0.15, 0.2) is 0 Å². The molecule has 0 aliphatic carbocycles. The highest BCUT2D eigenvalue weighted by Gasteiger charge is 2.12. The van der Waals surface area contributed by atoms with Gasteiger partial charge in [-0.25, -0.2) is 4.98 Å². The largest absolute Gasteiger partial charge is 0.497 e. The lowest BCUT2D eigenvalue weighted by Gasteiger charge is -2.09. The fraction of sp³-hybridized carbons (Fsp3) is 0.250. The van der Waals surface area contributed by atoms with Crippen molar-refractivity contribution in [1.82, 2.24) is 9.55 Å². The van der Waals surface area contributed by atoms with E-state index in [0.717, 1.165) is 36.5 Å². The number of hydrogen-bond acceptors (Lipinski definition) is 3. The smallest absolute Gasteiger partial charge is 0.200 e. The van der Waals surface area contributed by atoms with E-state index in [9.17, 15) is 0 Å². The molecule has 0 aliphatic heterocycles. The molecule has 24 heavy (non-hydrogen) atoms. The fourth-order valence-electron chi connectivity index (χ4n) is 2.91. The van der Waals surface area contributed by atoms with Crippen LogP contribution < -0.4 is 10.5 Å². The second kappa shape index (κ2) is 7.21. The van der Waals surface area contributed by atoms with E-state index >= 15 is 0 Å². The number of aryl methyl sites for hydroxylation is 1. The average Bonchev–Trinajstić information content (AvgIpc) is 2.87. The summed E-state index contributed by atoms with van der Waals surface area (Å²) >= 11 is 0. The van der Waals surface area contributed by atoms with E-state index in [-0.39, 0.29) is 0 Å². The van der Waals surface area contributed by atoms with E-state index in [1.165, 1.54) is 11.1 Å². The summed E-state index contributed by atoms with van der Waals surface area (Å²) in [5.41, 5.74) is 10.8. The number of hydrogen-bond donors (Lipinski definition) is 1. The molecule has 4 heteroatoms. The number of nitrogens with two attached hydrogens (primary N) is 1. The van der Waals surface area contributed by atoms with E-state index in [1.54, 1.807) is 7.11 Å². The normalized spacial score (nSPS) is 10.8. The van der Waals surface area contributed by atoms with Crippen molar-refractivity contribution in [2.24, 2.45) is 0 Å². The molecule has 0 bridgehead atoms. The van der Waals surface area contributed by atoms with Gasteiger partial charge in [0.1, 0.15) is 5.75 Å². The minimum Gasteiger partial charge on any atom is -0.497 e. The first kappa shape index (κ1) is 16.1. The lowest BCUT2D eigenvalue weighted by molar-refractivity contribution is 0.414. The summed E-state index contributed by atoms with van der Waals surface area (Å²) < 4.78 is 7.38. The van der Waals surface area contributed by atoms with Gasteiger partial charge < -0.3 is 15.0 Å².